The number of furan rings is 1. The van der Waals surface area contributed by atoms with Crippen LogP contribution in [0.1, 0.15) is 16.3 Å². The number of carbonyl (C=O) groups excluding carboxylic acids is 1. The summed E-state index contributed by atoms with van der Waals surface area (Å²) in [5.41, 5.74) is 0. The molecule has 3 aromatic rings. The standard InChI is InChI=1S/C17H15ClN2O4/c18-13-3-1-4-14(11-13)22-9-10-23-17(21)16-6-5-15(24-16)12-20-8-2-7-19-20/h1-8,11H,9-10,12H2. The molecule has 0 bridgehead atoms. The molecular formula is C17H15ClN2O4. The van der Waals surface area contributed by atoms with Gasteiger partial charge in [0.25, 0.3) is 0 Å². The van der Waals surface area contributed by atoms with E-state index in [1.54, 1.807) is 47.3 Å². The van der Waals surface area contributed by atoms with Gasteiger partial charge in [-0.1, -0.05) is 17.7 Å². The van der Waals surface area contributed by atoms with E-state index in [0.29, 0.717) is 23.1 Å². The minimum absolute atomic E-state index is 0.112. The number of aromatic nitrogens is 2. The summed E-state index contributed by atoms with van der Waals surface area (Å²) in [7, 11) is 0. The summed E-state index contributed by atoms with van der Waals surface area (Å²) in [5, 5.41) is 4.66. The first kappa shape index (κ1) is 16.1. The normalized spacial score (nSPS) is 10.5. The Kier molecular flexibility index (Phi) is 5.18. The van der Waals surface area contributed by atoms with Gasteiger partial charge in [-0.25, -0.2) is 4.79 Å². The molecule has 0 unspecified atom stereocenters. The van der Waals surface area contributed by atoms with Crippen LogP contribution in [0.2, 0.25) is 5.02 Å². The molecule has 0 spiro atoms. The number of halogens is 1. The Morgan fingerprint density at radius 2 is 2.12 bits per heavy atom. The Labute approximate surface area is 143 Å². The monoisotopic (exact) mass is 346 g/mol. The van der Waals surface area contributed by atoms with Gasteiger partial charge in [0.05, 0.1) is 6.54 Å². The zero-order valence-corrected chi connectivity index (χ0v) is 13.5. The van der Waals surface area contributed by atoms with Crippen molar-refractivity contribution in [2.45, 2.75) is 6.54 Å². The number of benzene rings is 1. The number of rotatable bonds is 7. The average Bonchev–Trinajstić information content (AvgIpc) is 3.24. The van der Waals surface area contributed by atoms with Gasteiger partial charge in [0, 0.05) is 17.4 Å². The van der Waals surface area contributed by atoms with E-state index in [4.69, 9.17) is 25.5 Å². The quantitative estimate of drug-likeness (QED) is 0.484. The fraction of sp³-hybridized carbons (Fsp3) is 0.176. The number of ether oxygens (including phenoxy) is 2. The summed E-state index contributed by atoms with van der Waals surface area (Å²) in [6.45, 7) is 0.797. The Balaban J connectivity index is 1.44. The summed E-state index contributed by atoms with van der Waals surface area (Å²) in [5.74, 6) is 0.871. The van der Waals surface area contributed by atoms with Crippen LogP contribution in [-0.4, -0.2) is 29.0 Å². The Hall–Kier alpha value is -2.73. The van der Waals surface area contributed by atoms with Gasteiger partial charge < -0.3 is 13.9 Å². The molecule has 0 N–H and O–H groups in total. The third-order valence-corrected chi connectivity index (χ3v) is 3.36. The highest BCUT2D eigenvalue weighted by Gasteiger charge is 2.13. The molecule has 0 atom stereocenters. The lowest BCUT2D eigenvalue weighted by Gasteiger charge is -2.06. The van der Waals surface area contributed by atoms with E-state index in [1.807, 2.05) is 12.3 Å². The van der Waals surface area contributed by atoms with Crippen LogP contribution < -0.4 is 4.74 Å². The Bertz CT molecular complexity index is 799. The lowest BCUT2D eigenvalue weighted by atomic mass is 10.3. The summed E-state index contributed by atoms with van der Waals surface area (Å²) in [6.07, 6.45) is 3.49. The molecule has 24 heavy (non-hydrogen) atoms. The molecule has 0 saturated heterocycles. The molecule has 0 radical (unpaired) electrons. The molecular weight excluding hydrogens is 332 g/mol. The zero-order chi connectivity index (χ0) is 16.8. The third-order valence-electron chi connectivity index (χ3n) is 3.12. The van der Waals surface area contributed by atoms with Crippen molar-refractivity contribution in [2.75, 3.05) is 13.2 Å². The largest absolute Gasteiger partial charge is 0.490 e. The SMILES string of the molecule is O=C(OCCOc1cccc(Cl)c1)c1ccc(Cn2cccn2)o1. The predicted molar refractivity (Wildman–Crippen MR) is 87.3 cm³/mol. The van der Waals surface area contributed by atoms with Crippen LogP contribution in [0.4, 0.5) is 0 Å². The van der Waals surface area contributed by atoms with E-state index in [-0.39, 0.29) is 19.0 Å². The molecule has 3 rings (SSSR count). The number of nitrogens with zero attached hydrogens (tertiary/aromatic N) is 2. The molecule has 0 amide bonds. The second-order valence-electron chi connectivity index (χ2n) is 4.91. The second-order valence-corrected chi connectivity index (χ2v) is 5.35. The molecule has 0 aliphatic rings. The van der Waals surface area contributed by atoms with Crippen LogP contribution in [0.5, 0.6) is 5.75 Å². The molecule has 2 aromatic heterocycles. The number of carbonyl (C=O) groups is 1. The molecule has 0 saturated carbocycles. The van der Waals surface area contributed by atoms with Gasteiger partial charge in [0.15, 0.2) is 0 Å². The highest BCUT2D eigenvalue weighted by atomic mass is 35.5. The molecule has 2 heterocycles. The van der Waals surface area contributed by atoms with Gasteiger partial charge in [0.1, 0.15) is 24.7 Å². The lowest BCUT2D eigenvalue weighted by Crippen LogP contribution is -2.11. The van der Waals surface area contributed by atoms with Crippen molar-refractivity contribution >= 4 is 17.6 Å². The van der Waals surface area contributed by atoms with Gasteiger partial charge in [-0.3, -0.25) is 4.68 Å². The molecule has 1 aromatic carbocycles. The zero-order valence-electron chi connectivity index (χ0n) is 12.7. The number of hydrogen-bond donors (Lipinski definition) is 0. The Morgan fingerprint density at radius 1 is 1.21 bits per heavy atom. The summed E-state index contributed by atoms with van der Waals surface area (Å²) >= 11 is 5.86. The van der Waals surface area contributed by atoms with Crippen LogP contribution in [0, 0.1) is 0 Å². The first-order chi connectivity index (χ1) is 11.7. The summed E-state index contributed by atoms with van der Waals surface area (Å²) < 4.78 is 17.7. The summed E-state index contributed by atoms with van der Waals surface area (Å²) in [6, 6.07) is 12.1. The van der Waals surface area contributed by atoms with E-state index < -0.39 is 5.97 Å². The van der Waals surface area contributed by atoms with E-state index >= 15 is 0 Å². The van der Waals surface area contributed by atoms with E-state index in [2.05, 4.69) is 5.10 Å². The van der Waals surface area contributed by atoms with Crippen molar-refractivity contribution in [2.24, 2.45) is 0 Å². The van der Waals surface area contributed by atoms with Crippen molar-refractivity contribution in [1.29, 1.82) is 0 Å². The van der Waals surface area contributed by atoms with Crippen molar-refractivity contribution in [1.82, 2.24) is 9.78 Å². The van der Waals surface area contributed by atoms with Crippen molar-refractivity contribution in [3.05, 3.63) is 71.4 Å². The first-order valence-corrected chi connectivity index (χ1v) is 7.70. The minimum Gasteiger partial charge on any atom is -0.490 e. The molecule has 0 fully saturated rings. The third kappa shape index (κ3) is 4.39. The maximum absolute atomic E-state index is 11.9. The fourth-order valence-corrected chi connectivity index (χ4v) is 2.23. The molecule has 7 heteroatoms. The smallest absolute Gasteiger partial charge is 0.374 e. The van der Waals surface area contributed by atoms with Crippen molar-refractivity contribution in [3.8, 4) is 5.75 Å². The molecule has 124 valence electrons. The van der Waals surface area contributed by atoms with Gasteiger partial charge in [-0.05, 0) is 36.4 Å². The van der Waals surface area contributed by atoms with Gasteiger partial charge in [-0.15, -0.1) is 0 Å². The minimum atomic E-state index is -0.531. The van der Waals surface area contributed by atoms with Gasteiger partial charge >= 0.3 is 5.97 Å². The molecule has 0 aliphatic heterocycles. The van der Waals surface area contributed by atoms with E-state index in [0.717, 1.165) is 0 Å². The average molecular weight is 347 g/mol. The fourth-order valence-electron chi connectivity index (χ4n) is 2.05. The van der Waals surface area contributed by atoms with E-state index in [1.165, 1.54) is 0 Å². The van der Waals surface area contributed by atoms with Crippen LogP contribution in [0.3, 0.4) is 0 Å². The molecule has 6 nitrogen and oxygen atoms in total. The number of esters is 1. The summed E-state index contributed by atoms with van der Waals surface area (Å²) in [4.78, 5) is 11.9. The number of hydrogen-bond acceptors (Lipinski definition) is 5. The van der Waals surface area contributed by atoms with Crippen LogP contribution >= 0.6 is 11.6 Å². The van der Waals surface area contributed by atoms with Crippen molar-refractivity contribution < 1.29 is 18.7 Å². The lowest BCUT2D eigenvalue weighted by molar-refractivity contribution is 0.0413. The van der Waals surface area contributed by atoms with Gasteiger partial charge in [-0.2, -0.15) is 5.10 Å². The van der Waals surface area contributed by atoms with Crippen LogP contribution in [0.25, 0.3) is 0 Å². The van der Waals surface area contributed by atoms with Crippen LogP contribution in [0.15, 0.2) is 59.3 Å². The molecule has 0 aliphatic carbocycles. The highest BCUT2D eigenvalue weighted by Crippen LogP contribution is 2.17. The second kappa shape index (κ2) is 7.70. The topological polar surface area (TPSA) is 66.5 Å². The van der Waals surface area contributed by atoms with Crippen LogP contribution in [-0.2, 0) is 11.3 Å². The highest BCUT2D eigenvalue weighted by molar-refractivity contribution is 6.30. The van der Waals surface area contributed by atoms with E-state index in [9.17, 15) is 4.79 Å². The first-order valence-electron chi connectivity index (χ1n) is 7.32. The predicted octanol–water partition coefficient (Wildman–Crippen LogP) is 3.41. The maximum atomic E-state index is 11.9. The maximum Gasteiger partial charge on any atom is 0.374 e. The van der Waals surface area contributed by atoms with Crippen molar-refractivity contribution in [3.63, 3.8) is 0 Å². The van der Waals surface area contributed by atoms with Gasteiger partial charge in [0.2, 0.25) is 5.76 Å². The Morgan fingerprint density at radius 3 is 2.92 bits per heavy atom.